The summed E-state index contributed by atoms with van der Waals surface area (Å²) in [6.07, 6.45) is 1.49. The summed E-state index contributed by atoms with van der Waals surface area (Å²) in [5, 5.41) is 16.7. The third kappa shape index (κ3) is 2.89. The van der Waals surface area contributed by atoms with Crippen molar-refractivity contribution in [1.29, 1.82) is 0 Å². The van der Waals surface area contributed by atoms with Crippen LogP contribution in [-0.4, -0.2) is 26.8 Å². The van der Waals surface area contributed by atoms with Crippen molar-refractivity contribution in [1.82, 2.24) is 15.0 Å². The van der Waals surface area contributed by atoms with Gasteiger partial charge in [0.2, 0.25) is 0 Å². The third-order valence-electron chi connectivity index (χ3n) is 2.13. The number of carbonyl (C=O) groups is 1. The number of nitrogens with zero attached hydrogens (tertiary/aromatic N) is 3. The number of benzene rings is 1. The van der Waals surface area contributed by atoms with Crippen LogP contribution >= 0.6 is 11.5 Å². The van der Waals surface area contributed by atoms with Gasteiger partial charge in [0.1, 0.15) is 10.6 Å². The quantitative estimate of drug-likeness (QED) is 0.645. The zero-order valence-electron chi connectivity index (χ0n) is 9.49. The first-order valence-corrected chi connectivity index (χ1v) is 5.85. The normalized spacial score (nSPS) is 10.7. The number of aromatic nitrogens is 2. The van der Waals surface area contributed by atoms with E-state index in [9.17, 15) is 4.79 Å². The van der Waals surface area contributed by atoms with Gasteiger partial charge >= 0.3 is 0 Å². The summed E-state index contributed by atoms with van der Waals surface area (Å²) < 4.78 is 3.67. The molecule has 0 unspecified atom stereocenters. The Bertz CT molecular complexity index is 577. The molecular formula is C11H10N4O2S. The molecule has 2 aromatic rings. The maximum Gasteiger partial charge on any atom is 0.285 e. The van der Waals surface area contributed by atoms with Gasteiger partial charge in [-0.25, -0.2) is 5.43 Å². The fourth-order valence-corrected chi connectivity index (χ4v) is 1.76. The molecule has 1 aromatic carbocycles. The third-order valence-corrected chi connectivity index (χ3v) is 2.96. The van der Waals surface area contributed by atoms with Gasteiger partial charge in [-0.2, -0.15) is 5.10 Å². The van der Waals surface area contributed by atoms with Crippen molar-refractivity contribution < 1.29 is 9.90 Å². The molecule has 92 valence electrons. The molecular weight excluding hydrogens is 252 g/mol. The van der Waals surface area contributed by atoms with E-state index in [-0.39, 0.29) is 11.7 Å². The monoisotopic (exact) mass is 262 g/mol. The number of amides is 1. The molecule has 6 nitrogen and oxygen atoms in total. The van der Waals surface area contributed by atoms with Crippen molar-refractivity contribution in [2.45, 2.75) is 6.92 Å². The van der Waals surface area contributed by atoms with Crippen LogP contribution < -0.4 is 5.43 Å². The number of hydrogen-bond donors (Lipinski definition) is 2. The van der Waals surface area contributed by atoms with Gasteiger partial charge in [-0.1, -0.05) is 4.49 Å². The minimum absolute atomic E-state index is 0.183. The number of aryl methyl sites for hydroxylation is 1. The molecule has 0 aliphatic carbocycles. The lowest BCUT2D eigenvalue weighted by molar-refractivity contribution is 0.0958. The van der Waals surface area contributed by atoms with Crippen molar-refractivity contribution in [2.75, 3.05) is 0 Å². The van der Waals surface area contributed by atoms with Crippen LogP contribution in [0.2, 0.25) is 0 Å². The fraction of sp³-hybridized carbons (Fsp3) is 0.0909. The second-order valence-electron chi connectivity index (χ2n) is 3.48. The number of nitrogens with one attached hydrogen (secondary N) is 1. The first-order valence-electron chi connectivity index (χ1n) is 5.08. The smallest absolute Gasteiger partial charge is 0.285 e. The largest absolute Gasteiger partial charge is 0.508 e. The summed E-state index contributed by atoms with van der Waals surface area (Å²) in [5.74, 6) is -0.153. The molecule has 0 fully saturated rings. The van der Waals surface area contributed by atoms with Crippen LogP contribution in [0.1, 0.15) is 20.9 Å². The minimum atomic E-state index is -0.336. The molecule has 0 spiro atoms. The van der Waals surface area contributed by atoms with Gasteiger partial charge in [-0.05, 0) is 48.3 Å². The summed E-state index contributed by atoms with van der Waals surface area (Å²) in [6, 6.07) is 6.45. The van der Waals surface area contributed by atoms with Gasteiger partial charge in [-0.15, -0.1) is 5.10 Å². The van der Waals surface area contributed by atoms with Crippen LogP contribution in [-0.2, 0) is 0 Å². The van der Waals surface area contributed by atoms with Crippen molar-refractivity contribution in [2.24, 2.45) is 5.10 Å². The highest BCUT2D eigenvalue weighted by Gasteiger charge is 2.11. The molecule has 1 amide bonds. The van der Waals surface area contributed by atoms with Crippen LogP contribution in [0.5, 0.6) is 5.75 Å². The zero-order chi connectivity index (χ0) is 13.0. The van der Waals surface area contributed by atoms with Crippen LogP contribution in [0, 0.1) is 6.92 Å². The van der Waals surface area contributed by atoms with Crippen molar-refractivity contribution in [3.05, 3.63) is 40.4 Å². The molecule has 0 bridgehead atoms. The van der Waals surface area contributed by atoms with E-state index in [1.54, 1.807) is 31.2 Å². The fourth-order valence-electron chi connectivity index (χ4n) is 1.22. The molecule has 0 aliphatic heterocycles. The molecule has 18 heavy (non-hydrogen) atoms. The first-order chi connectivity index (χ1) is 8.66. The zero-order valence-corrected chi connectivity index (χ0v) is 10.3. The molecule has 0 radical (unpaired) electrons. The Morgan fingerprint density at radius 3 is 2.78 bits per heavy atom. The van der Waals surface area contributed by atoms with E-state index < -0.39 is 0 Å². The van der Waals surface area contributed by atoms with Crippen molar-refractivity contribution in [3.8, 4) is 5.75 Å². The second kappa shape index (κ2) is 5.37. The summed E-state index contributed by atoms with van der Waals surface area (Å²) >= 11 is 1.03. The Balaban J connectivity index is 1.98. The van der Waals surface area contributed by atoms with Gasteiger partial charge in [0.25, 0.3) is 5.91 Å². The van der Waals surface area contributed by atoms with E-state index in [1.165, 1.54) is 6.21 Å². The molecule has 0 atom stereocenters. The lowest BCUT2D eigenvalue weighted by Crippen LogP contribution is -2.17. The lowest BCUT2D eigenvalue weighted by atomic mass is 10.2. The van der Waals surface area contributed by atoms with Gasteiger partial charge < -0.3 is 5.11 Å². The van der Waals surface area contributed by atoms with Crippen LogP contribution in [0.25, 0.3) is 0 Å². The lowest BCUT2D eigenvalue weighted by Gasteiger charge is -1.96. The second-order valence-corrected chi connectivity index (χ2v) is 4.23. The number of phenols is 1. The molecule has 2 N–H and O–H groups in total. The van der Waals surface area contributed by atoms with E-state index in [1.807, 2.05) is 0 Å². The van der Waals surface area contributed by atoms with Gasteiger partial charge in [-0.3, -0.25) is 4.79 Å². The first kappa shape index (κ1) is 12.2. The molecule has 0 saturated carbocycles. The highest BCUT2D eigenvalue weighted by Crippen LogP contribution is 2.09. The van der Waals surface area contributed by atoms with E-state index in [2.05, 4.69) is 20.1 Å². The summed E-state index contributed by atoms with van der Waals surface area (Å²) in [7, 11) is 0. The predicted molar refractivity (Wildman–Crippen MR) is 67.8 cm³/mol. The Morgan fingerprint density at radius 1 is 1.44 bits per heavy atom. The Morgan fingerprint density at radius 2 is 2.17 bits per heavy atom. The van der Waals surface area contributed by atoms with E-state index in [4.69, 9.17) is 5.11 Å². The van der Waals surface area contributed by atoms with Gasteiger partial charge in [0, 0.05) is 0 Å². The SMILES string of the molecule is Cc1nnsc1C(=O)N/N=C\c1ccc(O)cc1. The van der Waals surface area contributed by atoms with Crippen molar-refractivity contribution >= 4 is 23.7 Å². The molecule has 7 heteroatoms. The van der Waals surface area contributed by atoms with E-state index in [0.717, 1.165) is 17.1 Å². The Labute approximate surface area is 107 Å². The maximum atomic E-state index is 11.6. The summed E-state index contributed by atoms with van der Waals surface area (Å²) in [4.78, 5) is 12.1. The van der Waals surface area contributed by atoms with Crippen molar-refractivity contribution in [3.63, 3.8) is 0 Å². The van der Waals surface area contributed by atoms with E-state index >= 15 is 0 Å². The number of rotatable bonds is 3. The van der Waals surface area contributed by atoms with Crippen LogP contribution in [0.4, 0.5) is 0 Å². The average molecular weight is 262 g/mol. The number of phenolic OH excluding ortho intramolecular Hbond substituents is 1. The highest BCUT2D eigenvalue weighted by molar-refractivity contribution is 7.07. The number of hydrazone groups is 1. The summed E-state index contributed by atoms with van der Waals surface area (Å²) in [5.41, 5.74) is 3.74. The Hall–Kier alpha value is -2.28. The van der Waals surface area contributed by atoms with E-state index in [0.29, 0.717) is 10.6 Å². The number of hydrogen-bond acceptors (Lipinski definition) is 6. The molecule has 0 saturated heterocycles. The van der Waals surface area contributed by atoms with Crippen LogP contribution in [0.3, 0.4) is 0 Å². The maximum absolute atomic E-state index is 11.6. The topological polar surface area (TPSA) is 87.5 Å². The van der Waals surface area contributed by atoms with Gasteiger partial charge in [0.15, 0.2) is 0 Å². The minimum Gasteiger partial charge on any atom is -0.508 e. The number of aromatic hydroxyl groups is 1. The Kier molecular flexibility index (Phi) is 3.63. The summed E-state index contributed by atoms with van der Waals surface area (Å²) in [6.45, 7) is 1.71. The standard InChI is InChI=1S/C11H10N4O2S/c1-7-10(18-15-13-7)11(17)14-12-6-8-2-4-9(16)5-3-8/h2-6,16H,1H3,(H,14,17)/b12-6-. The van der Waals surface area contributed by atoms with Gasteiger partial charge in [0.05, 0.1) is 11.9 Å². The van der Waals surface area contributed by atoms with Crippen LogP contribution in [0.15, 0.2) is 29.4 Å². The predicted octanol–water partition coefficient (Wildman–Crippen LogP) is 1.32. The molecule has 2 rings (SSSR count). The molecule has 1 heterocycles. The highest BCUT2D eigenvalue weighted by atomic mass is 32.1. The average Bonchev–Trinajstić information content (AvgIpc) is 2.78. The molecule has 1 aromatic heterocycles. The molecule has 0 aliphatic rings. The number of carbonyl (C=O) groups excluding carboxylic acids is 1.